The lowest BCUT2D eigenvalue weighted by Crippen LogP contribution is -2.14. The summed E-state index contributed by atoms with van der Waals surface area (Å²) in [4.78, 5) is 16.3. The van der Waals surface area contributed by atoms with Gasteiger partial charge in [-0.1, -0.05) is 12.1 Å². The number of anilines is 3. The van der Waals surface area contributed by atoms with Crippen molar-refractivity contribution in [1.29, 1.82) is 0 Å². The van der Waals surface area contributed by atoms with Gasteiger partial charge in [0.25, 0.3) is 5.91 Å². The Kier molecular flexibility index (Phi) is 5.61. The number of hydrogen-bond donors (Lipinski definition) is 2. The van der Waals surface area contributed by atoms with Gasteiger partial charge in [0.2, 0.25) is 0 Å². The Morgan fingerprint density at radius 2 is 1.89 bits per heavy atom. The second-order valence-corrected chi connectivity index (χ2v) is 5.56. The summed E-state index contributed by atoms with van der Waals surface area (Å²) in [5.41, 5.74) is 1.41. The van der Waals surface area contributed by atoms with Gasteiger partial charge < -0.3 is 15.4 Å². The maximum Gasteiger partial charge on any atom is 0.274 e. The number of pyridine rings is 1. The van der Waals surface area contributed by atoms with Gasteiger partial charge in [-0.15, -0.1) is 0 Å². The Balaban J connectivity index is 1.71. The molecule has 0 fully saturated rings. The van der Waals surface area contributed by atoms with Crippen molar-refractivity contribution < 1.29 is 18.3 Å². The molecule has 3 aromatic rings. The topological polar surface area (TPSA) is 63.2 Å². The van der Waals surface area contributed by atoms with E-state index in [-0.39, 0.29) is 11.4 Å². The molecule has 0 unspecified atom stereocenters. The van der Waals surface area contributed by atoms with Crippen LogP contribution >= 0.6 is 0 Å². The van der Waals surface area contributed by atoms with Crippen molar-refractivity contribution in [2.75, 3.05) is 17.2 Å². The standard InChI is InChI=1S/C20H17F2N3O2/c1-2-27-19-6-4-3-5-17(19)24-14-8-10-18(23-12-14)20(26)25-16-9-7-13(21)11-15(16)22/h3-12,24H,2H2,1H3,(H,25,26). The number of benzene rings is 2. The molecular weight excluding hydrogens is 352 g/mol. The Labute approximate surface area is 155 Å². The van der Waals surface area contributed by atoms with Gasteiger partial charge in [-0.25, -0.2) is 13.8 Å². The van der Waals surface area contributed by atoms with Crippen LogP contribution in [-0.4, -0.2) is 17.5 Å². The maximum absolute atomic E-state index is 13.6. The third-order valence-electron chi connectivity index (χ3n) is 3.64. The van der Waals surface area contributed by atoms with Crippen LogP contribution < -0.4 is 15.4 Å². The fraction of sp³-hybridized carbons (Fsp3) is 0.100. The van der Waals surface area contributed by atoms with Gasteiger partial charge >= 0.3 is 0 Å². The van der Waals surface area contributed by atoms with Crippen LogP contribution in [-0.2, 0) is 0 Å². The molecule has 1 heterocycles. The van der Waals surface area contributed by atoms with Crippen LogP contribution in [0, 0.1) is 11.6 Å². The quantitative estimate of drug-likeness (QED) is 0.658. The molecule has 0 radical (unpaired) electrons. The van der Waals surface area contributed by atoms with Crippen LogP contribution in [0.2, 0.25) is 0 Å². The number of amides is 1. The zero-order chi connectivity index (χ0) is 19.2. The smallest absolute Gasteiger partial charge is 0.274 e. The third-order valence-corrected chi connectivity index (χ3v) is 3.64. The molecule has 27 heavy (non-hydrogen) atoms. The van der Waals surface area contributed by atoms with E-state index in [1.807, 2.05) is 31.2 Å². The van der Waals surface area contributed by atoms with Gasteiger partial charge in [0, 0.05) is 6.07 Å². The van der Waals surface area contributed by atoms with Gasteiger partial charge in [0.1, 0.15) is 23.1 Å². The van der Waals surface area contributed by atoms with Crippen molar-refractivity contribution in [2.45, 2.75) is 6.92 Å². The van der Waals surface area contributed by atoms with Crippen LogP contribution in [0.5, 0.6) is 5.75 Å². The molecule has 1 aromatic heterocycles. The molecule has 0 saturated carbocycles. The van der Waals surface area contributed by atoms with Gasteiger partial charge in [0.05, 0.1) is 29.9 Å². The number of nitrogens with zero attached hydrogens (tertiary/aromatic N) is 1. The predicted molar refractivity (Wildman–Crippen MR) is 99.4 cm³/mol. The van der Waals surface area contributed by atoms with E-state index in [0.717, 1.165) is 17.8 Å². The highest BCUT2D eigenvalue weighted by Crippen LogP contribution is 2.27. The first kappa shape index (κ1) is 18.3. The second-order valence-electron chi connectivity index (χ2n) is 5.56. The van der Waals surface area contributed by atoms with E-state index in [4.69, 9.17) is 4.74 Å². The molecule has 0 spiro atoms. The first-order valence-corrected chi connectivity index (χ1v) is 8.28. The van der Waals surface area contributed by atoms with Crippen LogP contribution in [0.25, 0.3) is 0 Å². The van der Waals surface area contributed by atoms with E-state index in [1.54, 1.807) is 6.07 Å². The molecule has 2 aromatic carbocycles. The molecule has 7 heteroatoms. The van der Waals surface area contributed by atoms with E-state index in [1.165, 1.54) is 12.3 Å². The first-order chi connectivity index (χ1) is 13.1. The summed E-state index contributed by atoms with van der Waals surface area (Å²) in [6.07, 6.45) is 1.48. The lowest BCUT2D eigenvalue weighted by Gasteiger charge is -2.12. The lowest BCUT2D eigenvalue weighted by atomic mass is 10.2. The third kappa shape index (κ3) is 4.58. The second kappa shape index (κ2) is 8.27. The fourth-order valence-corrected chi connectivity index (χ4v) is 2.39. The van der Waals surface area contributed by atoms with Crippen LogP contribution in [0.3, 0.4) is 0 Å². The van der Waals surface area contributed by atoms with E-state index >= 15 is 0 Å². The summed E-state index contributed by atoms with van der Waals surface area (Å²) in [5, 5.41) is 5.53. The van der Waals surface area contributed by atoms with Crippen LogP contribution in [0.15, 0.2) is 60.8 Å². The number of para-hydroxylation sites is 2. The number of nitrogens with one attached hydrogen (secondary N) is 2. The average molecular weight is 369 g/mol. The highest BCUT2D eigenvalue weighted by atomic mass is 19.1. The molecule has 138 valence electrons. The van der Waals surface area contributed by atoms with Gasteiger partial charge in [-0.05, 0) is 43.3 Å². The molecule has 1 amide bonds. The summed E-state index contributed by atoms with van der Waals surface area (Å²) >= 11 is 0. The fourth-order valence-electron chi connectivity index (χ4n) is 2.39. The van der Waals surface area contributed by atoms with Crippen LogP contribution in [0.1, 0.15) is 17.4 Å². The molecule has 0 saturated heterocycles. The minimum absolute atomic E-state index is 0.0994. The predicted octanol–water partition coefficient (Wildman–Crippen LogP) is 4.75. The Bertz CT molecular complexity index is 946. The summed E-state index contributed by atoms with van der Waals surface area (Å²) in [6, 6.07) is 13.5. The zero-order valence-corrected chi connectivity index (χ0v) is 14.5. The van der Waals surface area contributed by atoms with E-state index < -0.39 is 17.5 Å². The van der Waals surface area contributed by atoms with Crippen molar-refractivity contribution >= 4 is 23.0 Å². The lowest BCUT2D eigenvalue weighted by molar-refractivity contribution is 0.102. The molecule has 0 aliphatic carbocycles. The number of rotatable bonds is 6. The van der Waals surface area contributed by atoms with E-state index in [9.17, 15) is 13.6 Å². The molecule has 0 atom stereocenters. The molecule has 3 rings (SSSR count). The summed E-state index contributed by atoms with van der Waals surface area (Å²) in [7, 11) is 0. The number of carbonyl (C=O) groups is 1. The normalized spacial score (nSPS) is 10.3. The molecule has 0 aliphatic rings. The van der Waals surface area contributed by atoms with E-state index in [2.05, 4.69) is 15.6 Å². The SMILES string of the molecule is CCOc1ccccc1Nc1ccc(C(=O)Nc2ccc(F)cc2F)nc1. The van der Waals surface area contributed by atoms with Crippen molar-refractivity contribution in [2.24, 2.45) is 0 Å². The minimum atomic E-state index is -0.853. The summed E-state index contributed by atoms with van der Waals surface area (Å²) < 4.78 is 32.1. The summed E-state index contributed by atoms with van der Waals surface area (Å²) in [6.45, 7) is 2.44. The van der Waals surface area contributed by atoms with Crippen molar-refractivity contribution in [3.8, 4) is 5.75 Å². The number of ether oxygens (including phenoxy) is 1. The Morgan fingerprint density at radius 3 is 2.59 bits per heavy atom. The number of carbonyl (C=O) groups excluding carboxylic acids is 1. The minimum Gasteiger partial charge on any atom is -0.492 e. The first-order valence-electron chi connectivity index (χ1n) is 8.28. The number of halogens is 2. The van der Waals surface area contributed by atoms with Crippen molar-refractivity contribution in [3.05, 3.63) is 78.1 Å². The van der Waals surface area contributed by atoms with Gasteiger partial charge in [0.15, 0.2) is 0 Å². The Morgan fingerprint density at radius 1 is 1.07 bits per heavy atom. The molecule has 0 bridgehead atoms. The summed E-state index contributed by atoms with van der Waals surface area (Å²) in [5.74, 6) is -1.46. The maximum atomic E-state index is 13.6. The van der Waals surface area contributed by atoms with E-state index in [0.29, 0.717) is 24.1 Å². The van der Waals surface area contributed by atoms with Gasteiger partial charge in [-0.3, -0.25) is 4.79 Å². The highest BCUT2D eigenvalue weighted by molar-refractivity contribution is 6.03. The van der Waals surface area contributed by atoms with Gasteiger partial charge in [-0.2, -0.15) is 0 Å². The number of hydrogen-bond acceptors (Lipinski definition) is 4. The Hall–Kier alpha value is -3.48. The van der Waals surface area contributed by atoms with Crippen molar-refractivity contribution in [1.82, 2.24) is 4.98 Å². The van der Waals surface area contributed by atoms with Crippen LogP contribution in [0.4, 0.5) is 25.8 Å². The highest BCUT2D eigenvalue weighted by Gasteiger charge is 2.12. The molecular formula is C20H17F2N3O2. The monoisotopic (exact) mass is 369 g/mol. The molecule has 2 N–H and O–H groups in total. The molecule has 0 aliphatic heterocycles. The average Bonchev–Trinajstić information content (AvgIpc) is 2.66. The zero-order valence-electron chi connectivity index (χ0n) is 14.5. The largest absolute Gasteiger partial charge is 0.492 e. The number of aromatic nitrogens is 1. The van der Waals surface area contributed by atoms with Crippen molar-refractivity contribution in [3.63, 3.8) is 0 Å². The molecule has 5 nitrogen and oxygen atoms in total.